The summed E-state index contributed by atoms with van der Waals surface area (Å²) >= 11 is 0. The molecule has 124 valence electrons. The van der Waals surface area contributed by atoms with Crippen molar-refractivity contribution in [3.8, 4) is 23.0 Å². The zero-order valence-electron chi connectivity index (χ0n) is 13.9. The molecule has 5 heteroatoms. The first-order chi connectivity index (χ1) is 11.1. The Morgan fingerprint density at radius 1 is 0.957 bits per heavy atom. The Morgan fingerprint density at radius 2 is 1.52 bits per heavy atom. The van der Waals surface area contributed by atoms with Crippen LogP contribution in [0.15, 0.2) is 30.9 Å². The minimum atomic E-state index is -0.753. The van der Waals surface area contributed by atoms with E-state index in [4.69, 9.17) is 18.9 Å². The fourth-order valence-electron chi connectivity index (χ4n) is 2.71. The van der Waals surface area contributed by atoms with Gasteiger partial charge in [0.15, 0.2) is 0 Å². The average molecular weight is 318 g/mol. The topological polar surface area (TPSA) is 57.2 Å². The van der Waals surface area contributed by atoms with Crippen LogP contribution < -0.4 is 18.9 Å². The number of ether oxygens (including phenoxy) is 4. The Bertz CT molecular complexity index is 708. The molecule has 0 aromatic heterocycles. The van der Waals surface area contributed by atoms with Crippen molar-refractivity contribution >= 4 is 10.8 Å². The van der Waals surface area contributed by atoms with Crippen LogP contribution in [0.1, 0.15) is 18.1 Å². The molecule has 5 nitrogen and oxygen atoms in total. The number of hydrogen-bond acceptors (Lipinski definition) is 5. The highest BCUT2D eigenvalue weighted by Crippen LogP contribution is 2.48. The summed E-state index contributed by atoms with van der Waals surface area (Å²) in [5.41, 5.74) is 0.614. The van der Waals surface area contributed by atoms with Crippen molar-refractivity contribution in [1.29, 1.82) is 0 Å². The van der Waals surface area contributed by atoms with Gasteiger partial charge in [-0.25, -0.2) is 0 Å². The van der Waals surface area contributed by atoms with Crippen LogP contribution in [0.5, 0.6) is 23.0 Å². The Balaban J connectivity index is 2.94. The largest absolute Gasteiger partial charge is 0.496 e. The molecular weight excluding hydrogens is 296 g/mol. The molecule has 2 aromatic carbocycles. The van der Waals surface area contributed by atoms with Gasteiger partial charge in [0.25, 0.3) is 0 Å². The number of aliphatic hydroxyl groups is 1. The van der Waals surface area contributed by atoms with E-state index in [0.717, 1.165) is 5.39 Å². The van der Waals surface area contributed by atoms with Crippen LogP contribution in [0, 0.1) is 0 Å². The lowest BCUT2D eigenvalue weighted by Gasteiger charge is -2.21. The maximum Gasteiger partial charge on any atom is 0.136 e. The van der Waals surface area contributed by atoms with Crippen molar-refractivity contribution in [3.63, 3.8) is 0 Å². The van der Waals surface area contributed by atoms with Crippen molar-refractivity contribution in [3.05, 3.63) is 36.4 Å². The molecule has 0 bridgehead atoms. The lowest BCUT2D eigenvalue weighted by atomic mass is 9.97. The summed E-state index contributed by atoms with van der Waals surface area (Å²) in [7, 11) is 6.31. The molecule has 0 fully saturated rings. The molecule has 1 N–H and O–H groups in total. The van der Waals surface area contributed by atoms with Gasteiger partial charge in [0.05, 0.1) is 45.3 Å². The third kappa shape index (κ3) is 2.92. The molecule has 0 spiro atoms. The van der Waals surface area contributed by atoms with E-state index >= 15 is 0 Å². The van der Waals surface area contributed by atoms with Gasteiger partial charge < -0.3 is 24.1 Å². The van der Waals surface area contributed by atoms with Crippen molar-refractivity contribution in [2.75, 3.05) is 28.4 Å². The average Bonchev–Trinajstić information content (AvgIpc) is 2.59. The smallest absolute Gasteiger partial charge is 0.136 e. The van der Waals surface area contributed by atoms with E-state index in [1.165, 1.54) is 0 Å². The molecule has 0 unspecified atom stereocenters. The number of aliphatic hydroxyl groups excluding tert-OH is 1. The molecule has 1 atom stereocenters. The van der Waals surface area contributed by atoms with Crippen LogP contribution >= 0.6 is 0 Å². The minimum absolute atomic E-state index is 0.400. The van der Waals surface area contributed by atoms with Crippen molar-refractivity contribution in [1.82, 2.24) is 0 Å². The Hall–Kier alpha value is -2.40. The summed E-state index contributed by atoms with van der Waals surface area (Å²) < 4.78 is 22.0. The normalized spacial score (nSPS) is 11.9. The van der Waals surface area contributed by atoms with Crippen molar-refractivity contribution in [2.24, 2.45) is 0 Å². The summed E-state index contributed by atoms with van der Waals surface area (Å²) in [4.78, 5) is 0. The second-order valence-corrected chi connectivity index (χ2v) is 4.96. The lowest BCUT2D eigenvalue weighted by molar-refractivity contribution is 0.177. The second-order valence-electron chi connectivity index (χ2n) is 4.96. The standard InChI is InChI=1S/C18H22O5/c1-6-7-12(19)11-10-15(22-4)16-13(20-2)8-9-14(21-3)17(16)18(11)23-5/h6,8-10,12,19H,1,7H2,2-5H3/t12-/m1/s1. The first-order valence-electron chi connectivity index (χ1n) is 7.21. The molecule has 0 aliphatic heterocycles. The van der Waals surface area contributed by atoms with Crippen LogP contribution in [0.3, 0.4) is 0 Å². The molecule has 0 aliphatic rings. The predicted molar refractivity (Wildman–Crippen MR) is 89.9 cm³/mol. The maximum absolute atomic E-state index is 10.4. The minimum Gasteiger partial charge on any atom is -0.496 e. The molecule has 0 radical (unpaired) electrons. The highest BCUT2D eigenvalue weighted by Gasteiger charge is 2.23. The van der Waals surface area contributed by atoms with E-state index in [-0.39, 0.29) is 0 Å². The molecule has 2 rings (SSSR count). The van der Waals surface area contributed by atoms with E-state index < -0.39 is 6.10 Å². The van der Waals surface area contributed by atoms with Crippen molar-refractivity contribution in [2.45, 2.75) is 12.5 Å². The third-order valence-corrected chi connectivity index (χ3v) is 3.76. The monoisotopic (exact) mass is 318 g/mol. The number of hydrogen-bond donors (Lipinski definition) is 1. The predicted octanol–water partition coefficient (Wildman–Crippen LogP) is 3.48. The van der Waals surface area contributed by atoms with Gasteiger partial charge in [-0.15, -0.1) is 6.58 Å². The fraction of sp³-hybridized carbons (Fsp3) is 0.333. The van der Waals surface area contributed by atoms with Crippen LogP contribution in [0.4, 0.5) is 0 Å². The number of methoxy groups -OCH3 is 4. The van der Waals surface area contributed by atoms with Crippen molar-refractivity contribution < 1.29 is 24.1 Å². The van der Waals surface area contributed by atoms with Crippen LogP contribution in [-0.4, -0.2) is 33.5 Å². The molecule has 0 heterocycles. The van der Waals surface area contributed by atoms with E-state index in [1.54, 1.807) is 46.6 Å². The zero-order chi connectivity index (χ0) is 17.0. The van der Waals surface area contributed by atoms with Gasteiger partial charge in [0.1, 0.15) is 23.0 Å². The van der Waals surface area contributed by atoms with Gasteiger partial charge in [0, 0.05) is 5.56 Å². The highest BCUT2D eigenvalue weighted by atomic mass is 16.5. The fourth-order valence-corrected chi connectivity index (χ4v) is 2.71. The summed E-state index contributed by atoms with van der Waals surface area (Å²) in [6.45, 7) is 3.67. The van der Waals surface area contributed by atoms with Crippen LogP contribution in [-0.2, 0) is 0 Å². The maximum atomic E-state index is 10.4. The highest BCUT2D eigenvalue weighted by molar-refractivity contribution is 6.03. The quantitative estimate of drug-likeness (QED) is 0.792. The van der Waals surface area contributed by atoms with E-state index in [2.05, 4.69) is 6.58 Å². The summed E-state index contributed by atoms with van der Waals surface area (Å²) in [6, 6.07) is 5.37. The van der Waals surface area contributed by atoms with Gasteiger partial charge in [-0.2, -0.15) is 0 Å². The van der Waals surface area contributed by atoms with Gasteiger partial charge in [0.2, 0.25) is 0 Å². The Labute approximate surface area is 136 Å². The first kappa shape index (κ1) is 17.0. The number of benzene rings is 2. The number of fused-ring (bicyclic) bond motifs is 1. The van der Waals surface area contributed by atoms with Gasteiger partial charge in [-0.3, -0.25) is 0 Å². The number of rotatable bonds is 7. The summed E-state index contributed by atoms with van der Waals surface area (Å²) in [5, 5.41) is 11.9. The van der Waals surface area contributed by atoms with E-state index in [9.17, 15) is 5.11 Å². The molecule has 23 heavy (non-hydrogen) atoms. The Morgan fingerprint density at radius 3 is 2.00 bits per heavy atom. The molecular formula is C18H22O5. The lowest BCUT2D eigenvalue weighted by Crippen LogP contribution is -2.03. The van der Waals surface area contributed by atoms with E-state index in [1.807, 2.05) is 6.07 Å². The third-order valence-electron chi connectivity index (χ3n) is 3.76. The molecule has 2 aromatic rings. The Kier molecular flexibility index (Phi) is 5.34. The second kappa shape index (κ2) is 7.24. The SMILES string of the molecule is C=CC[C@@H](O)c1cc(OC)c2c(OC)ccc(OC)c2c1OC. The molecule has 0 saturated heterocycles. The van der Waals surface area contributed by atoms with E-state index in [0.29, 0.717) is 40.4 Å². The van der Waals surface area contributed by atoms with Gasteiger partial charge in [-0.05, 0) is 24.6 Å². The molecule has 0 saturated carbocycles. The summed E-state index contributed by atoms with van der Waals surface area (Å²) in [6.07, 6.45) is 1.30. The van der Waals surface area contributed by atoms with Gasteiger partial charge in [-0.1, -0.05) is 6.08 Å². The zero-order valence-corrected chi connectivity index (χ0v) is 13.9. The molecule has 0 amide bonds. The van der Waals surface area contributed by atoms with Crippen LogP contribution in [0.2, 0.25) is 0 Å². The summed E-state index contributed by atoms with van der Waals surface area (Å²) in [5.74, 6) is 2.37. The molecule has 0 aliphatic carbocycles. The van der Waals surface area contributed by atoms with Crippen LogP contribution in [0.25, 0.3) is 10.8 Å². The first-order valence-corrected chi connectivity index (χ1v) is 7.21. The van der Waals surface area contributed by atoms with Gasteiger partial charge >= 0.3 is 0 Å².